The van der Waals surface area contributed by atoms with E-state index in [4.69, 9.17) is 0 Å². The van der Waals surface area contributed by atoms with Gasteiger partial charge in [0.05, 0.1) is 11.1 Å². The third-order valence-corrected chi connectivity index (χ3v) is 4.10. The Balaban J connectivity index is 2.04. The minimum absolute atomic E-state index is 0.153. The fourth-order valence-corrected chi connectivity index (χ4v) is 3.14. The van der Waals surface area contributed by atoms with Crippen LogP contribution in [0.5, 0.6) is 0 Å². The molecule has 0 radical (unpaired) electrons. The monoisotopic (exact) mass is 408 g/mol. The number of aromatic nitrogens is 4. The summed E-state index contributed by atoms with van der Waals surface area (Å²) in [4.78, 5) is 0. The molecule has 104 valence electrons. The first-order chi connectivity index (χ1) is 10.2. The molecule has 0 aliphatic heterocycles. The highest BCUT2D eigenvalue weighted by molar-refractivity contribution is 9.11. The first-order valence-electron chi connectivity index (χ1n) is 5.93. The molecule has 0 spiro atoms. The van der Waals surface area contributed by atoms with Crippen LogP contribution in [0.3, 0.4) is 0 Å². The summed E-state index contributed by atoms with van der Waals surface area (Å²) < 4.78 is 15.3. The molecule has 0 N–H and O–H groups in total. The van der Waals surface area contributed by atoms with Gasteiger partial charge in [0.2, 0.25) is 11.6 Å². The van der Waals surface area contributed by atoms with Crippen molar-refractivity contribution in [2.24, 2.45) is 0 Å². The van der Waals surface area contributed by atoms with E-state index in [0.717, 1.165) is 14.5 Å². The number of rotatable bonds is 2. The van der Waals surface area contributed by atoms with Crippen LogP contribution in [-0.4, -0.2) is 20.4 Å². The molecule has 7 heteroatoms. The molecule has 0 atom stereocenters. The molecule has 3 aromatic rings. The molecular formula is C14H7Br2FN4. The van der Waals surface area contributed by atoms with Gasteiger partial charge in [0.1, 0.15) is 5.82 Å². The Bertz CT molecular complexity index is 773. The molecule has 3 rings (SSSR count). The van der Waals surface area contributed by atoms with Crippen LogP contribution >= 0.6 is 31.9 Å². The molecule has 0 amide bonds. The van der Waals surface area contributed by atoms with E-state index in [9.17, 15) is 4.39 Å². The second-order valence-electron chi connectivity index (χ2n) is 4.12. The van der Waals surface area contributed by atoms with Crippen molar-refractivity contribution in [3.8, 4) is 22.8 Å². The zero-order valence-electron chi connectivity index (χ0n) is 10.5. The molecule has 1 heterocycles. The number of halogens is 3. The van der Waals surface area contributed by atoms with Gasteiger partial charge in [-0.2, -0.15) is 0 Å². The van der Waals surface area contributed by atoms with Gasteiger partial charge in [-0.15, -0.1) is 20.4 Å². The normalized spacial score (nSPS) is 10.6. The van der Waals surface area contributed by atoms with Crippen LogP contribution in [-0.2, 0) is 0 Å². The molecule has 2 aromatic carbocycles. The summed E-state index contributed by atoms with van der Waals surface area (Å²) in [6, 6.07) is 11.9. The van der Waals surface area contributed by atoms with E-state index in [1.54, 1.807) is 18.2 Å². The highest BCUT2D eigenvalue weighted by Crippen LogP contribution is 2.32. The second kappa shape index (κ2) is 5.95. The van der Waals surface area contributed by atoms with Crippen LogP contribution in [0.4, 0.5) is 4.39 Å². The number of hydrogen-bond acceptors (Lipinski definition) is 4. The predicted molar refractivity (Wildman–Crippen MR) is 83.9 cm³/mol. The Morgan fingerprint density at radius 1 is 0.714 bits per heavy atom. The topological polar surface area (TPSA) is 51.6 Å². The average Bonchev–Trinajstić information content (AvgIpc) is 2.48. The van der Waals surface area contributed by atoms with Crippen LogP contribution in [0.15, 0.2) is 51.4 Å². The number of nitrogens with zero attached hydrogens (tertiary/aromatic N) is 4. The van der Waals surface area contributed by atoms with E-state index >= 15 is 0 Å². The van der Waals surface area contributed by atoms with Crippen LogP contribution < -0.4 is 0 Å². The number of benzene rings is 2. The van der Waals surface area contributed by atoms with Crippen molar-refractivity contribution >= 4 is 31.9 Å². The Morgan fingerprint density at radius 3 is 1.90 bits per heavy atom. The maximum absolute atomic E-state index is 13.7. The highest BCUT2D eigenvalue weighted by atomic mass is 79.9. The van der Waals surface area contributed by atoms with Gasteiger partial charge in [0.15, 0.2) is 0 Å². The van der Waals surface area contributed by atoms with Crippen LogP contribution in [0.1, 0.15) is 0 Å². The molecule has 21 heavy (non-hydrogen) atoms. The standard InChI is InChI=1S/C14H7Br2FN4/c15-9-5-3-6-10(16)12(9)14-20-18-13(19-21-14)8-4-1-2-7-11(8)17/h1-7H. The fourth-order valence-electron chi connectivity index (χ4n) is 1.79. The number of hydrogen-bond donors (Lipinski definition) is 0. The van der Waals surface area contributed by atoms with Gasteiger partial charge in [-0.1, -0.05) is 18.2 Å². The summed E-state index contributed by atoms with van der Waals surface area (Å²) in [5.74, 6) is 0.102. The first kappa shape index (κ1) is 14.2. The minimum Gasteiger partial charge on any atom is -0.206 e. The van der Waals surface area contributed by atoms with Crippen LogP contribution in [0.25, 0.3) is 22.8 Å². The van der Waals surface area contributed by atoms with E-state index in [0.29, 0.717) is 5.82 Å². The molecule has 0 unspecified atom stereocenters. The van der Waals surface area contributed by atoms with Crippen molar-refractivity contribution in [1.82, 2.24) is 20.4 Å². The zero-order valence-corrected chi connectivity index (χ0v) is 13.6. The largest absolute Gasteiger partial charge is 0.206 e. The van der Waals surface area contributed by atoms with Gasteiger partial charge >= 0.3 is 0 Å². The van der Waals surface area contributed by atoms with Gasteiger partial charge in [-0.25, -0.2) is 4.39 Å². The summed E-state index contributed by atoms with van der Waals surface area (Å²) in [6.45, 7) is 0. The van der Waals surface area contributed by atoms with Gasteiger partial charge in [0.25, 0.3) is 0 Å². The van der Waals surface area contributed by atoms with E-state index in [1.165, 1.54) is 6.07 Å². The first-order valence-corrected chi connectivity index (χ1v) is 7.52. The average molecular weight is 410 g/mol. The lowest BCUT2D eigenvalue weighted by molar-refractivity contribution is 0.628. The van der Waals surface area contributed by atoms with Gasteiger partial charge in [0, 0.05) is 8.95 Å². The molecule has 0 saturated carbocycles. The highest BCUT2D eigenvalue weighted by Gasteiger charge is 2.14. The molecular weight excluding hydrogens is 403 g/mol. The third-order valence-electron chi connectivity index (χ3n) is 2.78. The van der Waals surface area contributed by atoms with Crippen molar-refractivity contribution in [3.05, 3.63) is 57.2 Å². The lowest BCUT2D eigenvalue weighted by atomic mass is 10.2. The minimum atomic E-state index is -0.407. The Kier molecular flexibility index (Phi) is 4.03. The lowest BCUT2D eigenvalue weighted by Crippen LogP contribution is -2.01. The summed E-state index contributed by atoms with van der Waals surface area (Å²) >= 11 is 6.87. The van der Waals surface area contributed by atoms with E-state index < -0.39 is 5.82 Å². The summed E-state index contributed by atoms with van der Waals surface area (Å²) in [6.07, 6.45) is 0. The molecule has 0 saturated heterocycles. The van der Waals surface area contributed by atoms with Crippen LogP contribution in [0.2, 0.25) is 0 Å². The molecule has 0 aliphatic rings. The predicted octanol–water partition coefficient (Wildman–Crippen LogP) is 4.26. The van der Waals surface area contributed by atoms with Crippen molar-refractivity contribution in [1.29, 1.82) is 0 Å². The van der Waals surface area contributed by atoms with E-state index in [1.807, 2.05) is 18.2 Å². The van der Waals surface area contributed by atoms with Gasteiger partial charge in [-0.3, -0.25) is 0 Å². The zero-order chi connectivity index (χ0) is 14.8. The third kappa shape index (κ3) is 2.84. The SMILES string of the molecule is Fc1ccccc1-c1nnc(-c2c(Br)cccc2Br)nn1. The molecule has 0 aliphatic carbocycles. The van der Waals surface area contributed by atoms with Crippen molar-refractivity contribution in [2.75, 3.05) is 0 Å². The smallest absolute Gasteiger partial charge is 0.206 e. The Morgan fingerprint density at radius 2 is 1.29 bits per heavy atom. The molecule has 1 aromatic heterocycles. The maximum Gasteiger partial charge on any atom is 0.206 e. The Labute approximate surface area is 136 Å². The van der Waals surface area contributed by atoms with Crippen molar-refractivity contribution in [3.63, 3.8) is 0 Å². The summed E-state index contributed by atoms with van der Waals surface area (Å²) in [7, 11) is 0. The molecule has 0 fully saturated rings. The van der Waals surface area contributed by atoms with Crippen molar-refractivity contribution in [2.45, 2.75) is 0 Å². The summed E-state index contributed by atoms with van der Waals surface area (Å²) in [5, 5.41) is 16.0. The summed E-state index contributed by atoms with van der Waals surface area (Å²) in [5.41, 5.74) is 1.02. The quantitative estimate of drug-likeness (QED) is 0.634. The Hall–Kier alpha value is -1.73. The molecule has 0 bridgehead atoms. The lowest BCUT2D eigenvalue weighted by Gasteiger charge is -2.05. The van der Waals surface area contributed by atoms with Gasteiger partial charge in [-0.05, 0) is 56.1 Å². The van der Waals surface area contributed by atoms with Crippen LogP contribution in [0, 0.1) is 5.82 Å². The fraction of sp³-hybridized carbons (Fsp3) is 0. The van der Waals surface area contributed by atoms with E-state index in [-0.39, 0.29) is 11.4 Å². The second-order valence-corrected chi connectivity index (χ2v) is 5.83. The maximum atomic E-state index is 13.7. The molecule has 4 nitrogen and oxygen atoms in total. The van der Waals surface area contributed by atoms with Crippen molar-refractivity contribution < 1.29 is 4.39 Å². The van der Waals surface area contributed by atoms with E-state index in [2.05, 4.69) is 52.3 Å². The van der Waals surface area contributed by atoms with Gasteiger partial charge < -0.3 is 0 Å².